The summed E-state index contributed by atoms with van der Waals surface area (Å²) in [6.07, 6.45) is 0.750. The maximum atomic E-state index is 10.1. The van der Waals surface area contributed by atoms with Gasteiger partial charge < -0.3 is 10.1 Å². The molecule has 1 aromatic rings. The van der Waals surface area contributed by atoms with Crippen molar-refractivity contribution in [1.82, 2.24) is 0 Å². The Hall–Kier alpha value is -0.730. The Morgan fingerprint density at radius 2 is 1.92 bits per heavy atom. The quantitative estimate of drug-likeness (QED) is 0.766. The van der Waals surface area contributed by atoms with E-state index in [0.29, 0.717) is 15.7 Å². The van der Waals surface area contributed by atoms with Crippen LogP contribution in [-0.4, -0.2) is 12.8 Å². The van der Waals surface area contributed by atoms with Gasteiger partial charge in [0.15, 0.2) is 0 Å². The molecule has 0 spiro atoms. The first kappa shape index (κ1) is 9.36. The number of rotatable bonds is 3. The monoisotopic (exact) mass is 203 g/mol. The summed E-state index contributed by atoms with van der Waals surface area (Å²) < 4.78 is 0. The molecule has 64 valence electrons. The molecule has 2 nitrogen and oxygen atoms in total. The number of hydrogen-bond acceptors (Lipinski definition) is 2. The molecular formula is C8H7Cl2NO. The molecule has 4 heteroatoms. The number of para-hydroxylation sites is 1. The zero-order chi connectivity index (χ0) is 8.97. The Kier molecular flexibility index (Phi) is 3.38. The van der Waals surface area contributed by atoms with Crippen LogP contribution < -0.4 is 5.32 Å². The van der Waals surface area contributed by atoms with Gasteiger partial charge in [0, 0.05) is 0 Å². The summed E-state index contributed by atoms with van der Waals surface area (Å²) in [7, 11) is 0. The highest BCUT2D eigenvalue weighted by Crippen LogP contribution is 2.29. The van der Waals surface area contributed by atoms with Crippen LogP contribution in [0.15, 0.2) is 18.2 Å². The van der Waals surface area contributed by atoms with Crippen LogP contribution in [0.2, 0.25) is 10.0 Å². The fourth-order valence-electron chi connectivity index (χ4n) is 0.810. The van der Waals surface area contributed by atoms with Gasteiger partial charge in [0.25, 0.3) is 0 Å². The Morgan fingerprint density at radius 3 is 2.42 bits per heavy atom. The fourth-order valence-corrected chi connectivity index (χ4v) is 1.34. The highest BCUT2D eigenvalue weighted by molar-refractivity contribution is 6.39. The molecule has 0 aromatic heterocycles. The fraction of sp³-hybridized carbons (Fsp3) is 0.125. The molecule has 0 aliphatic rings. The zero-order valence-corrected chi connectivity index (χ0v) is 7.69. The molecule has 1 rings (SSSR count). The van der Waals surface area contributed by atoms with E-state index in [4.69, 9.17) is 23.2 Å². The molecule has 0 fully saturated rings. The summed E-state index contributed by atoms with van der Waals surface area (Å²) in [4.78, 5) is 10.1. The molecular weight excluding hydrogens is 197 g/mol. The second kappa shape index (κ2) is 4.33. The van der Waals surface area contributed by atoms with Crippen molar-refractivity contribution in [3.8, 4) is 0 Å². The number of anilines is 1. The summed E-state index contributed by atoms with van der Waals surface area (Å²) in [6, 6.07) is 5.16. The van der Waals surface area contributed by atoms with Crippen LogP contribution in [0.25, 0.3) is 0 Å². The lowest BCUT2D eigenvalue weighted by Gasteiger charge is -2.06. The van der Waals surface area contributed by atoms with Crippen molar-refractivity contribution in [1.29, 1.82) is 0 Å². The van der Waals surface area contributed by atoms with Gasteiger partial charge in [-0.1, -0.05) is 29.3 Å². The zero-order valence-electron chi connectivity index (χ0n) is 6.18. The lowest BCUT2D eigenvalue weighted by molar-refractivity contribution is -0.106. The van der Waals surface area contributed by atoms with E-state index in [1.54, 1.807) is 18.2 Å². The van der Waals surface area contributed by atoms with E-state index in [1.165, 1.54) is 0 Å². The van der Waals surface area contributed by atoms with Crippen LogP contribution in [0.1, 0.15) is 0 Å². The van der Waals surface area contributed by atoms with Crippen LogP contribution in [-0.2, 0) is 4.79 Å². The molecule has 0 heterocycles. The third-order valence-corrected chi connectivity index (χ3v) is 1.95. The third kappa shape index (κ3) is 2.13. The van der Waals surface area contributed by atoms with E-state index in [1.807, 2.05) is 0 Å². The maximum absolute atomic E-state index is 10.1. The molecule has 0 saturated carbocycles. The van der Waals surface area contributed by atoms with Gasteiger partial charge >= 0.3 is 0 Å². The van der Waals surface area contributed by atoms with Crippen LogP contribution in [0.3, 0.4) is 0 Å². The normalized spacial score (nSPS) is 9.50. The average molecular weight is 204 g/mol. The topological polar surface area (TPSA) is 29.1 Å². The smallest absolute Gasteiger partial charge is 0.139 e. The highest BCUT2D eigenvalue weighted by Gasteiger charge is 2.02. The number of aldehydes is 1. The summed E-state index contributed by atoms with van der Waals surface area (Å²) in [5, 5.41) is 3.83. The number of halogens is 2. The van der Waals surface area contributed by atoms with Crippen LogP contribution in [0.4, 0.5) is 5.69 Å². The Balaban J connectivity index is 2.88. The molecule has 0 unspecified atom stereocenters. The van der Waals surface area contributed by atoms with Crippen molar-refractivity contribution in [2.45, 2.75) is 0 Å². The van der Waals surface area contributed by atoms with Crippen LogP contribution in [0.5, 0.6) is 0 Å². The minimum Gasteiger partial charge on any atom is -0.376 e. The lowest BCUT2D eigenvalue weighted by atomic mass is 10.3. The molecule has 0 saturated heterocycles. The maximum Gasteiger partial charge on any atom is 0.139 e. The molecule has 0 bridgehead atoms. The summed E-state index contributed by atoms with van der Waals surface area (Å²) in [5.41, 5.74) is 0.605. The van der Waals surface area contributed by atoms with Gasteiger partial charge in [0.2, 0.25) is 0 Å². The number of hydrogen-bond donors (Lipinski definition) is 1. The lowest BCUT2D eigenvalue weighted by Crippen LogP contribution is -2.02. The molecule has 0 radical (unpaired) electrons. The highest BCUT2D eigenvalue weighted by atomic mass is 35.5. The van der Waals surface area contributed by atoms with Crippen molar-refractivity contribution in [2.24, 2.45) is 0 Å². The van der Waals surface area contributed by atoms with Gasteiger partial charge in [0.1, 0.15) is 6.29 Å². The Morgan fingerprint density at radius 1 is 1.33 bits per heavy atom. The first-order valence-electron chi connectivity index (χ1n) is 3.37. The van der Waals surface area contributed by atoms with Crippen molar-refractivity contribution in [2.75, 3.05) is 11.9 Å². The minimum atomic E-state index is 0.212. The third-order valence-electron chi connectivity index (χ3n) is 1.32. The van der Waals surface area contributed by atoms with Gasteiger partial charge in [-0.3, -0.25) is 0 Å². The first-order chi connectivity index (χ1) is 5.75. The largest absolute Gasteiger partial charge is 0.376 e. The number of nitrogens with one attached hydrogen (secondary N) is 1. The predicted octanol–water partition coefficient (Wildman–Crippen LogP) is 2.60. The number of benzene rings is 1. The number of carbonyl (C=O) groups is 1. The standard InChI is InChI=1S/C8H7Cl2NO/c9-6-2-1-3-7(10)8(6)11-4-5-12/h1-3,5,11H,4H2. The molecule has 1 aromatic carbocycles. The minimum absolute atomic E-state index is 0.212. The number of carbonyl (C=O) groups excluding carboxylic acids is 1. The van der Waals surface area contributed by atoms with Gasteiger partial charge in [-0.2, -0.15) is 0 Å². The molecule has 1 N–H and O–H groups in total. The van der Waals surface area contributed by atoms with Crippen LogP contribution >= 0.6 is 23.2 Å². The second-order valence-corrected chi connectivity index (χ2v) is 2.96. The summed E-state index contributed by atoms with van der Waals surface area (Å²) in [5.74, 6) is 0. The van der Waals surface area contributed by atoms with Gasteiger partial charge in [-0.25, -0.2) is 0 Å². The molecule has 0 atom stereocenters. The van der Waals surface area contributed by atoms with Crippen LogP contribution in [0, 0.1) is 0 Å². The van der Waals surface area contributed by atoms with Gasteiger partial charge in [0.05, 0.1) is 22.3 Å². The van der Waals surface area contributed by atoms with Crippen molar-refractivity contribution >= 4 is 35.2 Å². The Bertz CT molecular complexity index is 268. The van der Waals surface area contributed by atoms with E-state index in [9.17, 15) is 4.79 Å². The molecule has 12 heavy (non-hydrogen) atoms. The molecule has 0 aliphatic heterocycles. The van der Waals surface area contributed by atoms with E-state index in [0.717, 1.165) is 6.29 Å². The van der Waals surface area contributed by atoms with E-state index in [-0.39, 0.29) is 6.54 Å². The predicted molar refractivity (Wildman–Crippen MR) is 51.0 cm³/mol. The molecule has 0 aliphatic carbocycles. The van der Waals surface area contributed by atoms with Gasteiger partial charge in [-0.05, 0) is 12.1 Å². The van der Waals surface area contributed by atoms with Gasteiger partial charge in [-0.15, -0.1) is 0 Å². The van der Waals surface area contributed by atoms with E-state index >= 15 is 0 Å². The van der Waals surface area contributed by atoms with Crippen molar-refractivity contribution < 1.29 is 4.79 Å². The summed E-state index contributed by atoms with van der Waals surface area (Å²) in [6.45, 7) is 0.212. The summed E-state index contributed by atoms with van der Waals surface area (Å²) >= 11 is 11.6. The first-order valence-corrected chi connectivity index (χ1v) is 4.13. The Labute approximate surface area is 80.5 Å². The van der Waals surface area contributed by atoms with E-state index in [2.05, 4.69) is 5.32 Å². The SMILES string of the molecule is O=CCNc1c(Cl)cccc1Cl. The van der Waals surface area contributed by atoms with Crippen molar-refractivity contribution in [3.63, 3.8) is 0 Å². The second-order valence-electron chi connectivity index (χ2n) is 2.14. The van der Waals surface area contributed by atoms with E-state index < -0.39 is 0 Å². The molecule has 0 amide bonds. The average Bonchev–Trinajstić information content (AvgIpc) is 2.04. The van der Waals surface area contributed by atoms with Crippen molar-refractivity contribution in [3.05, 3.63) is 28.2 Å².